The van der Waals surface area contributed by atoms with Gasteiger partial charge < -0.3 is 4.90 Å². The number of rotatable bonds is 3. The second kappa shape index (κ2) is 6.79. The summed E-state index contributed by atoms with van der Waals surface area (Å²) in [4.78, 5) is 10.0. The van der Waals surface area contributed by atoms with Crippen LogP contribution in [0, 0.1) is 0 Å². The van der Waals surface area contributed by atoms with Crippen LogP contribution in [0.3, 0.4) is 0 Å². The molecule has 3 nitrogen and oxygen atoms in total. The molecule has 0 unspecified atom stereocenters. The average Bonchev–Trinajstić information content (AvgIpc) is 2.61. The van der Waals surface area contributed by atoms with Crippen molar-refractivity contribution >= 4 is 5.95 Å². The number of alkyl halides is 3. The first-order chi connectivity index (χ1) is 11.4. The fourth-order valence-electron chi connectivity index (χ4n) is 3.13. The minimum absolute atomic E-state index is 0.149. The van der Waals surface area contributed by atoms with Gasteiger partial charge in [0, 0.05) is 18.7 Å². The monoisotopic (exact) mass is 335 g/mol. The minimum atomic E-state index is -4.49. The summed E-state index contributed by atoms with van der Waals surface area (Å²) < 4.78 is 39.8. The third-order valence-corrected chi connectivity index (χ3v) is 4.51. The number of benzene rings is 1. The van der Waals surface area contributed by atoms with Crippen LogP contribution in [0.15, 0.2) is 36.4 Å². The molecule has 0 atom stereocenters. The molecule has 3 rings (SSSR count). The predicted molar refractivity (Wildman–Crippen MR) is 87.7 cm³/mol. The number of hydrogen-bond acceptors (Lipinski definition) is 3. The summed E-state index contributed by atoms with van der Waals surface area (Å²) in [7, 11) is 1.79. The van der Waals surface area contributed by atoms with Gasteiger partial charge in [0.2, 0.25) is 5.95 Å². The maximum Gasteiger partial charge on any atom is 0.433 e. The molecule has 1 aromatic heterocycles. The van der Waals surface area contributed by atoms with E-state index in [1.165, 1.54) is 6.42 Å². The molecular weight excluding hydrogens is 315 g/mol. The predicted octanol–water partition coefficient (Wildman–Crippen LogP) is 4.93. The third kappa shape index (κ3) is 3.68. The molecule has 1 aliphatic rings. The Bertz CT molecular complexity index is 680. The molecule has 0 amide bonds. The van der Waals surface area contributed by atoms with Crippen LogP contribution in [-0.4, -0.2) is 23.1 Å². The third-order valence-electron chi connectivity index (χ3n) is 4.51. The summed E-state index contributed by atoms with van der Waals surface area (Å²) in [5.41, 5.74) is 0.0632. The summed E-state index contributed by atoms with van der Waals surface area (Å²) >= 11 is 0. The van der Waals surface area contributed by atoms with Crippen LogP contribution in [0.4, 0.5) is 19.1 Å². The van der Waals surface area contributed by atoms with Crippen molar-refractivity contribution in [2.24, 2.45) is 0 Å². The van der Waals surface area contributed by atoms with Gasteiger partial charge in [0.25, 0.3) is 0 Å². The highest BCUT2D eigenvalue weighted by Crippen LogP contribution is 2.33. The fraction of sp³-hybridized carbons (Fsp3) is 0.444. The van der Waals surface area contributed by atoms with Crippen molar-refractivity contribution < 1.29 is 13.2 Å². The van der Waals surface area contributed by atoms with Crippen molar-refractivity contribution in [2.75, 3.05) is 11.9 Å². The van der Waals surface area contributed by atoms with E-state index in [2.05, 4.69) is 9.97 Å². The van der Waals surface area contributed by atoms with Crippen molar-refractivity contribution in [1.29, 1.82) is 0 Å². The first kappa shape index (κ1) is 16.7. The van der Waals surface area contributed by atoms with E-state index in [1.54, 1.807) is 36.2 Å². The van der Waals surface area contributed by atoms with E-state index in [1.807, 2.05) is 6.07 Å². The van der Waals surface area contributed by atoms with Gasteiger partial charge in [0.05, 0.1) is 5.69 Å². The molecule has 2 aromatic rings. The molecule has 6 heteroatoms. The Kier molecular flexibility index (Phi) is 4.73. The number of aromatic nitrogens is 2. The highest BCUT2D eigenvalue weighted by molar-refractivity contribution is 5.61. The maximum absolute atomic E-state index is 13.3. The van der Waals surface area contributed by atoms with Crippen LogP contribution >= 0.6 is 0 Å². The quantitative estimate of drug-likeness (QED) is 0.796. The molecule has 0 aliphatic heterocycles. The lowest BCUT2D eigenvalue weighted by Crippen LogP contribution is -2.35. The molecule has 24 heavy (non-hydrogen) atoms. The Morgan fingerprint density at radius 3 is 2.29 bits per heavy atom. The molecule has 0 bridgehead atoms. The van der Waals surface area contributed by atoms with Gasteiger partial charge in [-0.3, -0.25) is 0 Å². The number of halogens is 3. The molecule has 0 spiro atoms. The van der Waals surface area contributed by atoms with E-state index >= 15 is 0 Å². The highest BCUT2D eigenvalue weighted by atomic mass is 19.4. The Hall–Kier alpha value is -2.11. The van der Waals surface area contributed by atoms with E-state index in [0.29, 0.717) is 11.3 Å². The summed E-state index contributed by atoms with van der Waals surface area (Å²) in [5, 5.41) is 0. The summed E-state index contributed by atoms with van der Waals surface area (Å²) in [5.74, 6) is 0.149. The van der Waals surface area contributed by atoms with Gasteiger partial charge in [0.15, 0.2) is 5.69 Å². The number of hydrogen-bond donors (Lipinski definition) is 0. The van der Waals surface area contributed by atoms with E-state index in [9.17, 15) is 13.2 Å². The van der Waals surface area contributed by atoms with Gasteiger partial charge in [-0.25, -0.2) is 9.97 Å². The second-order valence-corrected chi connectivity index (χ2v) is 6.20. The molecule has 128 valence electrons. The first-order valence-corrected chi connectivity index (χ1v) is 8.19. The Balaban J connectivity index is 2.01. The molecule has 1 fully saturated rings. The Labute approximate surface area is 139 Å². The van der Waals surface area contributed by atoms with Crippen LogP contribution in [0.5, 0.6) is 0 Å². The van der Waals surface area contributed by atoms with Crippen LogP contribution in [-0.2, 0) is 6.18 Å². The lowest BCUT2D eigenvalue weighted by Gasteiger charge is -2.31. The fourth-order valence-corrected chi connectivity index (χ4v) is 3.13. The molecule has 0 radical (unpaired) electrons. The van der Waals surface area contributed by atoms with E-state index < -0.39 is 11.9 Å². The Morgan fingerprint density at radius 2 is 1.67 bits per heavy atom. The average molecular weight is 335 g/mol. The molecule has 1 heterocycles. The van der Waals surface area contributed by atoms with Gasteiger partial charge in [-0.05, 0) is 18.9 Å². The summed E-state index contributed by atoms with van der Waals surface area (Å²) in [6.07, 6.45) is 0.824. The van der Waals surface area contributed by atoms with Crippen LogP contribution in [0.25, 0.3) is 11.3 Å². The zero-order valence-corrected chi connectivity index (χ0v) is 13.6. The number of nitrogens with zero attached hydrogens (tertiary/aromatic N) is 3. The van der Waals surface area contributed by atoms with Gasteiger partial charge in [0.1, 0.15) is 0 Å². The molecule has 1 aliphatic carbocycles. The first-order valence-electron chi connectivity index (χ1n) is 8.19. The lowest BCUT2D eigenvalue weighted by molar-refractivity contribution is -0.141. The van der Waals surface area contributed by atoms with E-state index in [-0.39, 0.29) is 12.0 Å². The molecule has 0 saturated heterocycles. The maximum atomic E-state index is 13.3. The standard InChI is InChI=1S/C18H20F3N3/c1-24(14-10-6-3-7-11-14)17-22-15(13-8-4-2-5-9-13)12-16(23-17)18(19,20)21/h2,4-5,8-9,12,14H,3,6-7,10-11H2,1H3. The van der Waals surface area contributed by atoms with Crippen molar-refractivity contribution in [3.8, 4) is 11.3 Å². The molecule has 0 N–H and O–H groups in total. The zero-order valence-electron chi connectivity index (χ0n) is 13.6. The zero-order chi connectivity index (χ0) is 17.2. The van der Waals surface area contributed by atoms with Gasteiger partial charge in [-0.2, -0.15) is 13.2 Å². The molecular formula is C18H20F3N3. The summed E-state index contributed by atoms with van der Waals surface area (Å²) in [6.45, 7) is 0. The molecule has 1 saturated carbocycles. The van der Waals surface area contributed by atoms with Gasteiger partial charge >= 0.3 is 6.18 Å². The SMILES string of the molecule is CN(c1nc(-c2ccccc2)cc(C(F)(F)F)n1)C1CCCCC1. The van der Waals surface area contributed by atoms with Crippen LogP contribution in [0.1, 0.15) is 37.8 Å². The largest absolute Gasteiger partial charge is 0.433 e. The van der Waals surface area contributed by atoms with E-state index in [0.717, 1.165) is 31.7 Å². The van der Waals surface area contributed by atoms with Crippen molar-refractivity contribution in [1.82, 2.24) is 9.97 Å². The van der Waals surface area contributed by atoms with Crippen molar-refractivity contribution in [3.05, 3.63) is 42.1 Å². The van der Waals surface area contributed by atoms with Crippen LogP contribution in [0.2, 0.25) is 0 Å². The Morgan fingerprint density at radius 1 is 1.00 bits per heavy atom. The number of anilines is 1. The smallest absolute Gasteiger partial charge is 0.341 e. The molecule has 1 aromatic carbocycles. The van der Waals surface area contributed by atoms with E-state index in [4.69, 9.17) is 0 Å². The van der Waals surface area contributed by atoms with Crippen molar-refractivity contribution in [3.63, 3.8) is 0 Å². The lowest BCUT2D eigenvalue weighted by atomic mass is 9.95. The van der Waals surface area contributed by atoms with Crippen molar-refractivity contribution in [2.45, 2.75) is 44.3 Å². The normalized spacial score (nSPS) is 16.2. The summed E-state index contributed by atoms with van der Waals surface area (Å²) in [6, 6.07) is 10.1. The minimum Gasteiger partial charge on any atom is -0.341 e. The second-order valence-electron chi connectivity index (χ2n) is 6.20. The van der Waals surface area contributed by atoms with Crippen LogP contribution < -0.4 is 4.90 Å². The highest BCUT2D eigenvalue weighted by Gasteiger charge is 2.34. The van der Waals surface area contributed by atoms with Gasteiger partial charge in [-0.15, -0.1) is 0 Å². The van der Waals surface area contributed by atoms with Gasteiger partial charge in [-0.1, -0.05) is 49.6 Å². The topological polar surface area (TPSA) is 29.0 Å².